The average Bonchev–Trinajstić information content (AvgIpc) is 2.18. The largest absolute Gasteiger partial charge is 0.313 e. The molecule has 5 heteroatoms. The van der Waals surface area contributed by atoms with E-state index in [1.165, 1.54) is 18.6 Å². The highest BCUT2D eigenvalue weighted by atomic mass is 16.1. The third-order valence-electron chi connectivity index (χ3n) is 1.70. The Morgan fingerprint density at radius 1 is 1.38 bits per heavy atom. The number of carbonyl (C=O) groups excluding carboxylic acids is 1. The number of rotatable bonds is 1. The number of nitrogens with zero attached hydrogens (tertiary/aromatic N) is 2. The molecule has 0 atom stereocenters. The second-order valence-corrected chi connectivity index (χ2v) is 2.44. The number of pyridine rings is 1. The van der Waals surface area contributed by atoms with Crippen molar-refractivity contribution in [2.75, 3.05) is 0 Å². The normalized spacial score (nSPS) is 10.2. The number of aldehydes is 1. The number of hydrogen-bond donors (Lipinski definition) is 1. The van der Waals surface area contributed by atoms with Crippen molar-refractivity contribution in [1.29, 1.82) is 0 Å². The molecule has 2 heterocycles. The van der Waals surface area contributed by atoms with Crippen LogP contribution >= 0.6 is 0 Å². The SMILES string of the molecule is O=Cc1nccc2c(=O)[nH]cnc12. The molecular formula is C8H5N3O2. The summed E-state index contributed by atoms with van der Waals surface area (Å²) >= 11 is 0. The van der Waals surface area contributed by atoms with Gasteiger partial charge in [0.15, 0.2) is 6.29 Å². The summed E-state index contributed by atoms with van der Waals surface area (Å²) in [4.78, 5) is 31.8. The van der Waals surface area contributed by atoms with Gasteiger partial charge in [0.25, 0.3) is 5.56 Å². The van der Waals surface area contributed by atoms with Gasteiger partial charge in [0.05, 0.1) is 11.7 Å². The lowest BCUT2D eigenvalue weighted by atomic mass is 10.2. The van der Waals surface area contributed by atoms with Crippen molar-refractivity contribution >= 4 is 17.2 Å². The average molecular weight is 175 g/mol. The minimum absolute atomic E-state index is 0.184. The smallest absolute Gasteiger partial charge is 0.258 e. The molecule has 0 unspecified atom stereocenters. The molecule has 0 aliphatic carbocycles. The number of nitrogens with one attached hydrogen (secondary N) is 1. The first-order chi connectivity index (χ1) is 6.33. The molecule has 0 fully saturated rings. The van der Waals surface area contributed by atoms with Gasteiger partial charge < -0.3 is 4.98 Å². The highest BCUT2D eigenvalue weighted by Gasteiger charge is 2.03. The van der Waals surface area contributed by atoms with E-state index in [4.69, 9.17) is 0 Å². The van der Waals surface area contributed by atoms with Gasteiger partial charge in [0, 0.05) is 6.20 Å². The van der Waals surface area contributed by atoms with Crippen molar-refractivity contribution in [2.45, 2.75) is 0 Å². The van der Waals surface area contributed by atoms with E-state index in [0.29, 0.717) is 17.2 Å². The standard InChI is InChI=1S/C8H5N3O2/c12-3-6-7-5(1-2-9-6)8(13)11-4-10-7/h1-4H,(H,10,11,13). The van der Waals surface area contributed by atoms with Gasteiger partial charge in [-0.1, -0.05) is 0 Å². The lowest BCUT2D eigenvalue weighted by Crippen LogP contribution is -2.07. The quantitative estimate of drug-likeness (QED) is 0.625. The summed E-state index contributed by atoms with van der Waals surface area (Å²) in [6.07, 6.45) is 3.23. The van der Waals surface area contributed by atoms with Crippen molar-refractivity contribution in [2.24, 2.45) is 0 Å². The minimum atomic E-state index is -0.268. The van der Waals surface area contributed by atoms with Crippen LogP contribution in [0.4, 0.5) is 0 Å². The highest BCUT2D eigenvalue weighted by Crippen LogP contribution is 2.06. The Bertz CT molecular complexity index is 518. The fraction of sp³-hybridized carbons (Fsp3) is 0. The molecule has 1 N–H and O–H groups in total. The molecule has 0 bridgehead atoms. The highest BCUT2D eigenvalue weighted by molar-refractivity contribution is 5.92. The van der Waals surface area contributed by atoms with Crippen LogP contribution in [-0.2, 0) is 0 Å². The predicted molar refractivity (Wildman–Crippen MR) is 45.5 cm³/mol. The van der Waals surface area contributed by atoms with E-state index in [0.717, 1.165) is 0 Å². The lowest BCUT2D eigenvalue weighted by molar-refractivity contribution is 0.112. The maximum absolute atomic E-state index is 11.2. The molecule has 0 saturated heterocycles. The van der Waals surface area contributed by atoms with Crippen LogP contribution in [0.1, 0.15) is 10.5 Å². The van der Waals surface area contributed by atoms with Crippen LogP contribution < -0.4 is 5.56 Å². The summed E-state index contributed by atoms with van der Waals surface area (Å²) in [6.45, 7) is 0. The number of hydrogen-bond acceptors (Lipinski definition) is 4. The molecule has 2 aromatic rings. The Morgan fingerprint density at radius 3 is 3.00 bits per heavy atom. The number of carbonyl (C=O) groups is 1. The minimum Gasteiger partial charge on any atom is -0.313 e. The third kappa shape index (κ3) is 1.10. The van der Waals surface area contributed by atoms with Crippen molar-refractivity contribution < 1.29 is 4.79 Å². The lowest BCUT2D eigenvalue weighted by Gasteiger charge is -1.95. The van der Waals surface area contributed by atoms with E-state index in [-0.39, 0.29) is 11.3 Å². The van der Waals surface area contributed by atoms with Gasteiger partial charge in [-0.05, 0) is 6.07 Å². The van der Waals surface area contributed by atoms with Gasteiger partial charge in [-0.25, -0.2) is 4.98 Å². The molecule has 13 heavy (non-hydrogen) atoms. The fourth-order valence-electron chi connectivity index (χ4n) is 1.11. The Kier molecular flexibility index (Phi) is 1.63. The molecule has 2 aromatic heterocycles. The van der Waals surface area contributed by atoms with E-state index in [1.807, 2.05) is 0 Å². The first-order valence-corrected chi connectivity index (χ1v) is 3.60. The first kappa shape index (κ1) is 7.60. The zero-order chi connectivity index (χ0) is 9.26. The monoisotopic (exact) mass is 175 g/mol. The fourth-order valence-corrected chi connectivity index (χ4v) is 1.11. The molecule has 0 aliphatic rings. The number of H-pyrrole nitrogens is 1. The number of aromatic amines is 1. The van der Waals surface area contributed by atoms with Gasteiger partial charge >= 0.3 is 0 Å². The van der Waals surface area contributed by atoms with Crippen molar-refractivity contribution in [3.05, 3.63) is 34.6 Å². The summed E-state index contributed by atoms with van der Waals surface area (Å²) < 4.78 is 0. The Labute approximate surface area is 72.5 Å². The first-order valence-electron chi connectivity index (χ1n) is 3.60. The topological polar surface area (TPSA) is 75.7 Å². The Hall–Kier alpha value is -2.04. The molecule has 0 aliphatic heterocycles. The van der Waals surface area contributed by atoms with Crippen molar-refractivity contribution in [3.63, 3.8) is 0 Å². The van der Waals surface area contributed by atoms with E-state index in [2.05, 4.69) is 15.0 Å². The number of fused-ring (bicyclic) bond motifs is 1. The second kappa shape index (κ2) is 2.78. The van der Waals surface area contributed by atoms with Gasteiger partial charge in [-0.15, -0.1) is 0 Å². The van der Waals surface area contributed by atoms with Crippen LogP contribution in [0.15, 0.2) is 23.4 Å². The van der Waals surface area contributed by atoms with E-state index in [9.17, 15) is 9.59 Å². The van der Waals surface area contributed by atoms with Crippen LogP contribution in [0.25, 0.3) is 10.9 Å². The van der Waals surface area contributed by atoms with E-state index >= 15 is 0 Å². The zero-order valence-corrected chi connectivity index (χ0v) is 6.52. The predicted octanol–water partition coefficient (Wildman–Crippen LogP) is 0.131. The number of aromatic nitrogens is 3. The molecule has 0 saturated carbocycles. The van der Waals surface area contributed by atoms with E-state index < -0.39 is 0 Å². The van der Waals surface area contributed by atoms with Crippen LogP contribution in [0, 0.1) is 0 Å². The van der Waals surface area contributed by atoms with Crippen molar-refractivity contribution in [3.8, 4) is 0 Å². The Balaban J connectivity index is 3.00. The van der Waals surface area contributed by atoms with Gasteiger partial charge in [0.2, 0.25) is 0 Å². The molecule has 0 spiro atoms. The summed E-state index contributed by atoms with van der Waals surface area (Å²) in [5.41, 5.74) is 0.250. The molecule has 0 aromatic carbocycles. The van der Waals surface area contributed by atoms with Gasteiger partial charge in [0.1, 0.15) is 11.2 Å². The van der Waals surface area contributed by atoms with Crippen molar-refractivity contribution in [1.82, 2.24) is 15.0 Å². The second-order valence-electron chi connectivity index (χ2n) is 2.44. The van der Waals surface area contributed by atoms with Crippen LogP contribution in [0.3, 0.4) is 0 Å². The summed E-state index contributed by atoms with van der Waals surface area (Å²) in [5, 5.41) is 0.375. The van der Waals surface area contributed by atoms with E-state index in [1.54, 1.807) is 0 Å². The zero-order valence-electron chi connectivity index (χ0n) is 6.52. The molecule has 2 rings (SSSR count). The maximum Gasteiger partial charge on any atom is 0.258 e. The van der Waals surface area contributed by atoms with Gasteiger partial charge in [-0.2, -0.15) is 0 Å². The van der Waals surface area contributed by atoms with Crippen LogP contribution in [-0.4, -0.2) is 21.2 Å². The summed E-state index contributed by atoms with van der Waals surface area (Å²) in [5.74, 6) is 0. The molecule has 0 amide bonds. The third-order valence-corrected chi connectivity index (χ3v) is 1.70. The van der Waals surface area contributed by atoms with Crippen LogP contribution in [0.5, 0.6) is 0 Å². The van der Waals surface area contributed by atoms with Gasteiger partial charge in [-0.3, -0.25) is 14.6 Å². The molecular weight excluding hydrogens is 170 g/mol. The summed E-state index contributed by atoms with van der Waals surface area (Å²) in [7, 11) is 0. The Morgan fingerprint density at radius 2 is 2.23 bits per heavy atom. The molecule has 5 nitrogen and oxygen atoms in total. The summed E-state index contributed by atoms with van der Waals surface area (Å²) in [6, 6.07) is 1.52. The molecule has 64 valence electrons. The maximum atomic E-state index is 11.2. The molecule has 0 radical (unpaired) electrons. The van der Waals surface area contributed by atoms with Crippen LogP contribution in [0.2, 0.25) is 0 Å².